The van der Waals surface area contributed by atoms with Crippen molar-refractivity contribution in [3.8, 4) is 0 Å². The lowest BCUT2D eigenvalue weighted by Gasteiger charge is -2.31. The number of nitrogens with zero attached hydrogens (tertiary/aromatic N) is 2. The zero-order chi connectivity index (χ0) is 13.0. The Morgan fingerprint density at radius 2 is 1.83 bits per heavy atom. The molecule has 2 fully saturated rings. The summed E-state index contributed by atoms with van der Waals surface area (Å²) < 4.78 is 0. The Morgan fingerprint density at radius 1 is 1.11 bits per heavy atom. The summed E-state index contributed by atoms with van der Waals surface area (Å²) in [6, 6.07) is 0. The van der Waals surface area contributed by atoms with E-state index in [1.54, 1.807) is 0 Å². The van der Waals surface area contributed by atoms with E-state index in [0.29, 0.717) is 0 Å². The average Bonchev–Trinajstić information content (AvgIpc) is 2.37. The minimum Gasteiger partial charge on any atom is -0.370 e. The van der Waals surface area contributed by atoms with E-state index in [-0.39, 0.29) is 0 Å². The highest BCUT2D eigenvalue weighted by atomic mass is 15.3. The largest absolute Gasteiger partial charge is 0.370 e. The van der Waals surface area contributed by atoms with Crippen molar-refractivity contribution in [2.24, 2.45) is 28.5 Å². The molecule has 2 atom stereocenters. The number of piperidine rings is 1. The van der Waals surface area contributed by atoms with Gasteiger partial charge in [-0.15, -0.1) is 0 Å². The Morgan fingerprint density at radius 3 is 2.50 bits per heavy atom. The minimum atomic E-state index is 0.774. The molecule has 2 unspecified atom stereocenters. The molecule has 3 heteroatoms. The summed E-state index contributed by atoms with van der Waals surface area (Å²) in [6.07, 6.45) is 7.99. The monoisotopic (exact) mass is 251 g/mol. The second kappa shape index (κ2) is 6.44. The highest BCUT2D eigenvalue weighted by Gasteiger charge is 2.20. The second-order valence-electron chi connectivity index (χ2n) is 6.51. The van der Waals surface area contributed by atoms with Gasteiger partial charge in [0.15, 0.2) is 5.96 Å². The number of hydrogen-bond acceptors (Lipinski definition) is 1. The molecule has 2 aliphatic rings. The van der Waals surface area contributed by atoms with Crippen LogP contribution in [0.3, 0.4) is 0 Å². The van der Waals surface area contributed by atoms with Gasteiger partial charge >= 0.3 is 0 Å². The Kier molecular flexibility index (Phi) is 4.90. The van der Waals surface area contributed by atoms with Crippen LogP contribution in [0.25, 0.3) is 0 Å². The van der Waals surface area contributed by atoms with Crippen molar-refractivity contribution in [3.05, 3.63) is 0 Å². The van der Waals surface area contributed by atoms with Crippen LogP contribution >= 0.6 is 0 Å². The molecule has 1 saturated carbocycles. The van der Waals surface area contributed by atoms with Crippen molar-refractivity contribution >= 4 is 5.96 Å². The van der Waals surface area contributed by atoms with Crippen LogP contribution in [0.1, 0.15) is 52.4 Å². The van der Waals surface area contributed by atoms with Gasteiger partial charge in [-0.25, -0.2) is 0 Å². The molecule has 0 aromatic carbocycles. The maximum atomic E-state index is 6.12. The average molecular weight is 251 g/mol. The standard InChI is InChI=1S/C15H29N3/c1-12-6-8-18(9-7-12)15(16)17-11-14-5-3-4-13(2)10-14/h12-14H,3-11H2,1-2H3,(H2,16,17). The van der Waals surface area contributed by atoms with Gasteiger partial charge in [-0.2, -0.15) is 0 Å². The van der Waals surface area contributed by atoms with E-state index in [4.69, 9.17) is 5.73 Å². The quantitative estimate of drug-likeness (QED) is 0.605. The van der Waals surface area contributed by atoms with Crippen LogP contribution in [-0.2, 0) is 0 Å². The molecule has 2 N–H and O–H groups in total. The van der Waals surface area contributed by atoms with Gasteiger partial charge in [0.2, 0.25) is 0 Å². The first-order valence-corrected chi connectivity index (χ1v) is 7.70. The van der Waals surface area contributed by atoms with Gasteiger partial charge in [-0.1, -0.05) is 26.7 Å². The number of aliphatic imine (C=N–C) groups is 1. The van der Waals surface area contributed by atoms with Crippen LogP contribution < -0.4 is 5.73 Å². The first-order chi connectivity index (χ1) is 8.65. The lowest BCUT2D eigenvalue weighted by atomic mass is 9.82. The normalized spacial score (nSPS) is 31.7. The number of likely N-dealkylation sites (tertiary alicyclic amines) is 1. The SMILES string of the molecule is CC1CCN(C(N)=NCC2CCCC(C)C2)CC1. The van der Waals surface area contributed by atoms with Crippen molar-refractivity contribution in [3.63, 3.8) is 0 Å². The molecular formula is C15H29N3. The van der Waals surface area contributed by atoms with Crippen LogP contribution in [0, 0.1) is 17.8 Å². The van der Waals surface area contributed by atoms with Crippen molar-refractivity contribution < 1.29 is 0 Å². The molecule has 104 valence electrons. The van der Waals surface area contributed by atoms with Crippen molar-refractivity contribution in [2.45, 2.75) is 52.4 Å². The van der Waals surface area contributed by atoms with Gasteiger partial charge in [-0.3, -0.25) is 4.99 Å². The molecule has 0 spiro atoms. The Bertz CT molecular complexity index is 279. The summed E-state index contributed by atoms with van der Waals surface area (Å²) in [5, 5.41) is 0. The molecule has 18 heavy (non-hydrogen) atoms. The van der Waals surface area contributed by atoms with Crippen molar-refractivity contribution in [1.82, 2.24) is 4.90 Å². The van der Waals surface area contributed by atoms with Crippen LogP contribution in [0.2, 0.25) is 0 Å². The molecule has 3 nitrogen and oxygen atoms in total. The lowest BCUT2D eigenvalue weighted by Crippen LogP contribution is -2.42. The second-order valence-corrected chi connectivity index (χ2v) is 6.51. The fraction of sp³-hybridized carbons (Fsp3) is 0.933. The maximum absolute atomic E-state index is 6.12. The minimum absolute atomic E-state index is 0.774. The highest BCUT2D eigenvalue weighted by Crippen LogP contribution is 2.28. The topological polar surface area (TPSA) is 41.6 Å². The van der Waals surface area contributed by atoms with Gasteiger partial charge < -0.3 is 10.6 Å². The smallest absolute Gasteiger partial charge is 0.191 e. The molecule has 1 aliphatic carbocycles. The Hall–Kier alpha value is -0.730. The molecule has 1 saturated heterocycles. The van der Waals surface area contributed by atoms with Crippen molar-refractivity contribution in [2.75, 3.05) is 19.6 Å². The molecule has 0 aromatic heterocycles. The van der Waals surface area contributed by atoms with Crippen LogP contribution in [0.5, 0.6) is 0 Å². The van der Waals surface area contributed by atoms with E-state index in [2.05, 4.69) is 23.7 Å². The third kappa shape index (κ3) is 3.89. The number of nitrogens with two attached hydrogens (primary N) is 1. The predicted molar refractivity (Wildman–Crippen MR) is 77.6 cm³/mol. The molecule has 0 amide bonds. The third-order valence-electron chi connectivity index (χ3n) is 4.66. The first-order valence-electron chi connectivity index (χ1n) is 7.70. The van der Waals surface area contributed by atoms with E-state index in [1.165, 1.54) is 38.5 Å². The van der Waals surface area contributed by atoms with E-state index in [9.17, 15) is 0 Å². The summed E-state index contributed by atoms with van der Waals surface area (Å²) in [7, 11) is 0. The molecule has 0 aromatic rings. The molecule has 0 bridgehead atoms. The fourth-order valence-corrected chi connectivity index (χ4v) is 3.29. The van der Waals surface area contributed by atoms with E-state index < -0.39 is 0 Å². The zero-order valence-corrected chi connectivity index (χ0v) is 12.1. The van der Waals surface area contributed by atoms with E-state index in [0.717, 1.165) is 43.3 Å². The Labute approximate surface area is 112 Å². The van der Waals surface area contributed by atoms with Crippen LogP contribution in [-0.4, -0.2) is 30.5 Å². The van der Waals surface area contributed by atoms with Gasteiger partial charge in [0, 0.05) is 19.6 Å². The van der Waals surface area contributed by atoms with E-state index in [1.807, 2.05) is 0 Å². The van der Waals surface area contributed by atoms with Crippen LogP contribution in [0.15, 0.2) is 4.99 Å². The molecule has 1 heterocycles. The van der Waals surface area contributed by atoms with Crippen molar-refractivity contribution in [1.29, 1.82) is 0 Å². The van der Waals surface area contributed by atoms with Crippen LogP contribution in [0.4, 0.5) is 0 Å². The first kappa shape index (κ1) is 13.7. The molecular weight excluding hydrogens is 222 g/mol. The number of rotatable bonds is 2. The zero-order valence-electron chi connectivity index (χ0n) is 12.1. The van der Waals surface area contributed by atoms with Gasteiger partial charge in [0.25, 0.3) is 0 Å². The molecule has 1 aliphatic heterocycles. The summed E-state index contributed by atoms with van der Waals surface area (Å²) >= 11 is 0. The fourth-order valence-electron chi connectivity index (χ4n) is 3.29. The predicted octanol–water partition coefficient (Wildman–Crippen LogP) is 2.86. The number of guanidine groups is 1. The summed E-state index contributed by atoms with van der Waals surface area (Å²) in [6.45, 7) is 7.83. The maximum Gasteiger partial charge on any atom is 0.191 e. The van der Waals surface area contributed by atoms with Gasteiger partial charge in [-0.05, 0) is 43.4 Å². The summed E-state index contributed by atoms with van der Waals surface area (Å²) in [4.78, 5) is 6.92. The molecule has 0 radical (unpaired) electrons. The third-order valence-corrected chi connectivity index (χ3v) is 4.66. The summed E-state index contributed by atoms with van der Waals surface area (Å²) in [5.74, 6) is 3.31. The Balaban J connectivity index is 1.77. The number of hydrogen-bond donors (Lipinski definition) is 1. The van der Waals surface area contributed by atoms with Gasteiger partial charge in [0.1, 0.15) is 0 Å². The summed E-state index contributed by atoms with van der Waals surface area (Å²) in [5.41, 5.74) is 6.12. The van der Waals surface area contributed by atoms with Gasteiger partial charge in [0.05, 0.1) is 0 Å². The van der Waals surface area contributed by atoms with E-state index >= 15 is 0 Å². The molecule has 2 rings (SSSR count). The highest BCUT2D eigenvalue weighted by molar-refractivity contribution is 5.78. The lowest BCUT2D eigenvalue weighted by molar-refractivity contribution is 0.271.